The predicted molar refractivity (Wildman–Crippen MR) is 57.2 cm³/mol. The Kier molecular flexibility index (Phi) is 3.74. The molecule has 4 nitrogen and oxygen atoms in total. The van der Waals surface area contributed by atoms with Gasteiger partial charge >= 0.3 is 0 Å². The first-order chi connectivity index (χ1) is 7.19. The summed E-state index contributed by atoms with van der Waals surface area (Å²) in [6, 6.07) is 5.07. The van der Waals surface area contributed by atoms with E-state index >= 15 is 0 Å². The summed E-state index contributed by atoms with van der Waals surface area (Å²) in [5.74, 6) is 0.891. The Balaban J connectivity index is 2.99. The molecule has 0 spiro atoms. The Morgan fingerprint density at radius 1 is 1.60 bits per heavy atom. The third kappa shape index (κ3) is 2.74. The van der Waals surface area contributed by atoms with Gasteiger partial charge in [-0.1, -0.05) is 12.6 Å². The number of ether oxygens (including phenoxy) is 2. The van der Waals surface area contributed by atoms with Crippen LogP contribution in [0.4, 0.5) is 0 Å². The van der Waals surface area contributed by atoms with E-state index < -0.39 is 0 Å². The molecule has 80 valence electrons. The van der Waals surface area contributed by atoms with E-state index in [-0.39, 0.29) is 6.61 Å². The van der Waals surface area contributed by atoms with Gasteiger partial charge in [0, 0.05) is 5.70 Å². The highest BCUT2D eigenvalue weighted by Gasteiger charge is 2.09. The fraction of sp³-hybridized carbons (Fsp3) is 0.182. The molecule has 0 heterocycles. The molecule has 1 aromatic carbocycles. The zero-order valence-corrected chi connectivity index (χ0v) is 8.53. The maximum absolute atomic E-state index is 10.8. The molecule has 4 heteroatoms. The minimum absolute atomic E-state index is 0.154. The second-order valence-corrected chi connectivity index (χ2v) is 2.94. The summed E-state index contributed by atoms with van der Waals surface area (Å²) in [5, 5.41) is 0. The van der Waals surface area contributed by atoms with E-state index in [1.807, 2.05) is 0 Å². The lowest BCUT2D eigenvalue weighted by atomic mass is 10.2. The van der Waals surface area contributed by atoms with E-state index in [2.05, 4.69) is 6.58 Å². The molecule has 0 bridgehead atoms. The first kappa shape index (κ1) is 11.1. The van der Waals surface area contributed by atoms with Crippen molar-refractivity contribution in [2.75, 3.05) is 13.7 Å². The van der Waals surface area contributed by atoms with Crippen LogP contribution in [0.3, 0.4) is 0 Å². The van der Waals surface area contributed by atoms with Crippen molar-refractivity contribution < 1.29 is 14.3 Å². The van der Waals surface area contributed by atoms with E-state index in [0.717, 1.165) is 0 Å². The van der Waals surface area contributed by atoms with Crippen molar-refractivity contribution in [2.24, 2.45) is 5.73 Å². The number of nitrogens with two attached hydrogens (primary N) is 1. The first-order valence-corrected chi connectivity index (χ1v) is 4.37. The van der Waals surface area contributed by atoms with Gasteiger partial charge in [0.1, 0.15) is 6.61 Å². The summed E-state index contributed by atoms with van der Waals surface area (Å²) in [6.07, 6.45) is 0.705. The molecule has 15 heavy (non-hydrogen) atoms. The highest BCUT2D eigenvalue weighted by Crippen LogP contribution is 2.29. The van der Waals surface area contributed by atoms with Crippen LogP contribution in [-0.4, -0.2) is 20.0 Å². The molecule has 0 unspecified atom stereocenters. The van der Waals surface area contributed by atoms with Gasteiger partial charge in [0.15, 0.2) is 17.8 Å². The summed E-state index contributed by atoms with van der Waals surface area (Å²) in [5.41, 5.74) is 6.19. The van der Waals surface area contributed by atoms with Gasteiger partial charge in [-0.15, -0.1) is 0 Å². The zero-order chi connectivity index (χ0) is 11.3. The van der Waals surface area contributed by atoms with Crippen LogP contribution in [0.25, 0.3) is 0 Å². The molecule has 0 aliphatic heterocycles. The summed E-state index contributed by atoms with van der Waals surface area (Å²) in [6.45, 7) is 3.66. The lowest BCUT2D eigenvalue weighted by Crippen LogP contribution is -2.09. The van der Waals surface area contributed by atoms with Gasteiger partial charge in [0.2, 0.25) is 0 Å². The number of rotatable bonds is 5. The average Bonchev–Trinajstić information content (AvgIpc) is 2.25. The standard InChI is InChI=1S/C11H13NO3/c1-8(12)7-15-11-9(6-13)4-3-5-10(11)14-2/h3-6H,1,7,12H2,2H3. The fourth-order valence-electron chi connectivity index (χ4n) is 1.11. The lowest BCUT2D eigenvalue weighted by molar-refractivity contribution is 0.111. The maximum atomic E-state index is 10.8. The molecule has 0 radical (unpaired) electrons. The van der Waals surface area contributed by atoms with Crippen molar-refractivity contribution in [3.63, 3.8) is 0 Å². The number of methoxy groups -OCH3 is 1. The monoisotopic (exact) mass is 207 g/mol. The van der Waals surface area contributed by atoms with E-state index in [9.17, 15) is 4.79 Å². The van der Waals surface area contributed by atoms with Gasteiger partial charge in [-0.05, 0) is 12.1 Å². The number of carbonyl (C=O) groups excluding carboxylic acids is 1. The first-order valence-electron chi connectivity index (χ1n) is 4.37. The van der Waals surface area contributed by atoms with Crippen molar-refractivity contribution in [3.8, 4) is 11.5 Å². The number of aldehydes is 1. The molecule has 0 aliphatic carbocycles. The summed E-state index contributed by atoms with van der Waals surface area (Å²) in [4.78, 5) is 10.8. The van der Waals surface area contributed by atoms with Crippen LogP contribution in [-0.2, 0) is 0 Å². The number of hydrogen-bond donors (Lipinski definition) is 1. The SMILES string of the molecule is C=C(N)COc1c(C=O)cccc1OC. The number of hydrogen-bond acceptors (Lipinski definition) is 4. The van der Waals surface area contributed by atoms with Crippen molar-refractivity contribution in [1.29, 1.82) is 0 Å². The Morgan fingerprint density at radius 2 is 2.33 bits per heavy atom. The maximum Gasteiger partial charge on any atom is 0.172 e. The molecule has 0 aliphatic rings. The van der Waals surface area contributed by atoms with E-state index in [4.69, 9.17) is 15.2 Å². The molecule has 2 N–H and O–H groups in total. The highest BCUT2D eigenvalue weighted by atomic mass is 16.5. The third-order valence-electron chi connectivity index (χ3n) is 1.76. The molecule has 0 saturated heterocycles. The minimum Gasteiger partial charge on any atom is -0.493 e. The van der Waals surface area contributed by atoms with E-state index in [1.165, 1.54) is 7.11 Å². The minimum atomic E-state index is 0.154. The molecule has 0 amide bonds. The van der Waals surface area contributed by atoms with Crippen LogP contribution < -0.4 is 15.2 Å². The highest BCUT2D eigenvalue weighted by molar-refractivity contribution is 5.81. The zero-order valence-electron chi connectivity index (χ0n) is 8.53. The van der Waals surface area contributed by atoms with Crippen LogP contribution in [0.5, 0.6) is 11.5 Å². The Morgan fingerprint density at radius 3 is 2.87 bits per heavy atom. The molecule has 0 atom stereocenters. The molecule has 0 saturated carbocycles. The summed E-state index contributed by atoms with van der Waals surface area (Å²) in [7, 11) is 1.51. The van der Waals surface area contributed by atoms with Gasteiger partial charge < -0.3 is 15.2 Å². The Labute approximate surface area is 88.3 Å². The van der Waals surface area contributed by atoms with Gasteiger partial charge in [0.05, 0.1) is 12.7 Å². The predicted octanol–water partition coefficient (Wildman–Crippen LogP) is 1.36. The number of para-hydroxylation sites is 1. The largest absolute Gasteiger partial charge is 0.493 e. The van der Waals surface area contributed by atoms with Crippen molar-refractivity contribution in [2.45, 2.75) is 0 Å². The van der Waals surface area contributed by atoms with E-state index in [0.29, 0.717) is 29.0 Å². The molecule has 1 aromatic rings. The third-order valence-corrected chi connectivity index (χ3v) is 1.76. The van der Waals surface area contributed by atoms with Gasteiger partial charge in [-0.2, -0.15) is 0 Å². The van der Waals surface area contributed by atoms with Gasteiger partial charge in [-0.25, -0.2) is 0 Å². The van der Waals surface area contributed by atoms with Crippen molar-refractivity contribution in [3.05, 3.63) is 36.0 Å². The fourth-order valence-corrected chi connectivity index (χ4v) is 1.11. The van der Waals surface area contributed by atoms with Crippen LogP contribution >= 0.6 is 0 Å². The summed E-state index contributed by atoms with van der Waals surface area (Å²) >= 11 is 0. The van der Waals surface area contributed by atoms with Crippen LogP contribution in [0.1, 0.15) is 10.4 Å². The Hall–Kier alpha value is -1.97. The van der Waals surface area contributed by atoms with Crippen LogP contribution in [0.15, 0.2) is 30.5 Å². The van der Waals surface area contributed by atoms with Gasteiger partial charge in [-0.3, -0.25) is 4.79 Å². The molecule has 1 rings (SSSR count). The van der Waals surface area contributed by atoms with Crippen molar-refractivity contribution in [1.82, 2.24) is 0 Å². The normalized spacial score (nSPS) is 9.40. The number of benzene rings is 1. The second-order valence-electron chi connectivity index (χ2n) is 2.94. The lowest BCUT2D eigenvalue weighted by Gasteiger charge is -2.11. The average molecular weight is 207 g/mol. The van der Waals surface area contributed by atoms with Crippen LogP contribution in [0, 0.1) is 0 Å². The summed E-state index contributed by atoms with van der Waals surface area (Å²) < 4.78 is 10.4. The molecular formula is C11H13NO3. The van der Waals surface area contributed by atoms with Crippen LogP contribution in [0.2, 0.25) is 0 Å². The molecular weight excluding hydrogens is 194 g/mol. The topological polar surface area (TPSA) is 61.5 Å². The van der Waals surface area contributed by atoms with Crippen molar-refractivity contribution >= 4 is 6.29 Å². The smallest absolute Gasteiger partial charge is 0.172 e. The quantitative estimate of drug-likeness (QED) is 0.740. The van der Waals surface area contributed by atoms with Gasteiger partial charge in [0.25, 0.3) is 0 Å². The number of carbonyl (C=O) groups is 1. The van der Waals surface area contributed by atoms with E-state index in [1.54, 1.807) is 18.2 Å². The molecule has 0 aromatic heterocycles. The Bertz CT molecular complexity index is 374. The second kappa shape index (κ2) is 5.05. The molecule has 0 fully saturated rings.